The lowest BCUT2D eigenvalue weighted by Crippen LogP contribution is -2.24. The maximum Gasteiger partial charge on any atom is 0.259 e. The van der Waals surface area contributed by atoms with Gasteiger partial charge in [0.1, 0.15) is 0 Å². The first-order valence-electron chi connectivity index (χ1n) is 5.05. The fourth-order valence-corrected chi connectivity index (χ4v) is 4.09. The maximum absolute atomic E-state index is 5.26. The Morgan fingerprint density at radius 2 is 2.29 bits per heavy atom. The molecule has 2 heterocycles. The van der Waals surface area contributed by atoms with Crippen LogP contribution in [0.3, 0.4) is 0 Å². The molecule has 7 heteroatoms. The molecule has 0 saturated carbocycles. The Morgan fingerprint density at radius 1 is 1.53 bits per heavy atom. The summed E-state index contributed by atoms with van der Waals surface area (Å²) in [5.41, 5.74) is 0.928. The quantitative estimate of drug-likeness (QED) is 0.882. The molecule has 0 aliphatic carbocycles. The summed E-state index contributed by atoms with van der Waals surface area (Å²) in [6.07, 6.45) is 0.753. The van der Waals surface area contributed by atoms with Crippen LogP contribution in [0.25, 0.3) is 11.5 Å². The lowest BCUT2D eigenvalue weighted by molar-refractivity contribution is 0.418. The Hall–Kier alpha value is -0.240. The summed E-state index contributed by atoms with van der Waals surface area (Å²) < 4.78 is 7.27. The van der Waals surface area contributed by atoms with Gasteiger partial charge in [0.2, 0.25) is 0 Å². The third-order valence-electron chi connectivity index (χ3n) is 2.34. The van der Waals surface area contributed by atoms with Crippen molar-refractivity contribution >= 4 is 43.2 Å². The van der Waals surface area contributed by atoms with Crippen LogP contribution >= 0.6 is 43.2 Å². The molecule has 0 amide bonds. The number of thiophene rings is 1. The van der Waals surface area contributed by atoms with Gasteiger partial charge in [-0.1, -0.05) is 5.16 Å². The minimum Gasteiger partial charge on any atom is -0.334 e. The van der Waals surface area contributed by atoms with Gasteiger partial charge in [-0.15, -0.1) is 11.3 Å². The van der Waals surface area contributed by atoms with Gasteiger partial charge in [0, 0.05) is 12.5 Å². The highest BCUT2D eigenvalue weighted by Gasteiger charge is 2.15. The van der Waals surface area contributed by atoms with Crippen molar-refractivity contribution in [3.8, 4) is 11.5 Å². The average molecular weight is 381 g/mol. The second kappa shape index (κ2) is 5.60. The highest BCUT2D eigenvalue weighted by atomic mass is 79.9. The lowest BCUT2D eigenvalue weighted by atomic mass is 10.2. The van der Waals surface area contributed by atoms with Crippen LogP contribution < -0.4 is 5.32 Å². The third kappa shape index (κ3) is 3.15. The van der Waals surface area contributed by atoms with Gasteiger partial charge in [0.05, 0.1) is 13.1 Å². The first-order valence-corrected chi connectivity index (χ1v) is 7.45. The molecule has 2 rings (SSSR count). The Labute approximate surface area is 120 Å². The van der Waals surface area contributed by atoms with E-state index in [0.717, 1.165) is 25.4 Å². The number of hydrogen-bond acceptors (Lipinski definition) is 5. The van der Waals surface area contributed by atoms with Crippen LogP contribution in [-0.4, -0.2) is 23.2 Å². The molecule has 0 spiro atoms. The van der Waals surface area contributed by atoms with Gasteiger partial charge in [-0.05, 0) is 51.9 Å². The van der Waals surface area contributed by atoms with E-state index < -0.39 is 0 Å². The molecule has 17 heavy (non-hydrogen) atoms. The Morgan fingerprint density at radius 3 is 2.88 bits per heavy atom. The zero-order valence-corrected chi connectivity index (χ0v) is 13.3. The Kier molecular flexibility index (Phi) is 4.35. The summed E-state index contributed by atoms with van der Waals surface area (Å²) in [7, 11) is 1.91. The summed E-state index contributed by atoms with van der Waals surface area (Å²) in [6, 6.07) is 2.30. The van der Waals surface area contributed by atoms with Gasteiger partial charge in [-0.3, -0.25) is 0 Å². The minimum atomic E-state index is 0.332. The number of likely N-dealkylation sites (N-methyl/N-ethyl adjacent to an activating group) is 1. The lowest BCUT2D eigenvalue weighted by Gasteiger charge is -2.04. The van der Waals surface area contributed by atoms with Crippen LogP contribution in [0.2, 0.25) is 0 Å². The molecule has 1 N–H and O–H groups in total. The Balaban J connectivity index is 2.21. The summed E-state index contributed by atoms with van der Waals surface area (Å²) in [6.45, 7) is 2.08. The van der Waals surface area contributed by atoms with Crippen molar-refractivity contribution in [3.63, 3.8) is 0 Å². The molecule has 92 valence electrons. The van der Waals surface area contributed by atoms with E-state index in [-0.39, 0.29) is 0 Å². The van der Waals surface area contributed by atoms with E-state index in [9.17, 15) is 0 Å². The van der Waals surface area contributed by atoms with Crippen molar-refractivity contribution in [1.82, 2.24) is 15.5 Å². The van der Waals surface area contributed by atoms with Crippen molar-refractivity contribution < 1.29 is 4.52 Å². The zero-order chi connectivity index (χ0) is 12.4. The minimum absolute atomic E-state index is 0.332. The van der Waals surface area contributed by atoms with E-state index in [4.69, 9.17) is 4.52 Å². The predicted octanol–water partition coefficient (Wildman–Crippen LogP) is 3.47. The standard InChI is InChI=1S/C10H11Br2N3OS/c1-5(13-2)3-8-14-10(16-15-8)6-4-7(11)17-9(6)12/h4-5,13H,3H2,1-2H3. The van der Waals surface area contributed by atoms with E-state index in [1.807, 2.05) is 13.1 Å². The smallest absolute Gasteiger partial charge is 0.259 e. The van der Waals surface area contributed by atoms with Crippen LogP contribution in [0.1, 0.15) is 12.7 Å². The van der Waals surface area contributed by atoms with Crippen LogP contribution in [0.5, 0.6) is 0 Å². The number of hydrogen-bond donors (Lipinski definition) is 1. The summed E-state index contributed by atoms with van der Waals surface area (Å²) in [5, 5.41) is 7.11. The molecule has 0 aliphatic rings. The number of rotatable bonds is 4. The fourth-order valence-electron chi connectivity index (χ4n) is 1.31. The molecule has 1 unspecified atom stereocenters. The van der Waals surface area contributed by atoms with Crippen molar-refractivity contribution in [2.24, 2.45) is 0 Å². The second-order valence-electron chi connectivity index (χ2n) is 3.65. The molecule has 4 nitrogen and oxygen atoms in total. The molecule has 0 fully saturated rings. The average Bonchev–Trinajstić information content (AvgIpc) is 2.85. The topological polar surface area (TPSA) is 51.0 Å². The van der Waals surface area contributed by atoms with Crippen molar-refractivity contribution in [2.75, 3.05) is 7.05 Å². The van der Waals surface area contributed by atoms with Crippen molar-refractivity contribution in [3.05, 3.63) is 19.5 Å². The van der Waals surface area contributed by atoms with E-state index in [1.165, 1.54) is 0 Å². The highest BCUT2D eigenvalue weighted by Crippen LogP contribution is 2.37. The van der Waals surface area contributed by atoms with Gasteiger partial charge in [-0.2, -0.15) is 4.98 Å². The SMILES string of the molecule is CNC(C)Cc1noc(-c2cc(Br)sc2Br)n1. The number of halogens is 2. The molecule has 0 saturated heterocycles. The number of aromatic nitrogens is 2. The predicted molar refractivity (Wildman–Crippen MR) is 75.2 cm³/mol. The fraction of sp³-hybridized carbons (Fsp3) is 0.400. The van der Waals surface area contributed by atoms with Gasteiger partial charge < -0.3 is 9.84 Å². The molecule has 0 aliphatic heterocycles. The molecule has 0 aromatic carbocycles. The normalized spacial score (nSPS) is 12.9. The van der Waals surface area contributed by atoms with Gasteiger partial charge >= 0.3 is 0 Å². The van der Waals surface area contributed by atoms with Gasteiger partial charge in [0.25, 0.3) is 5.89 Å². The molecule has 2 aromatic rings. The van der Waals surface area contributed by atoms with Crippen molar-refractivity contribution in [1.29, 1.82) is 0 Å². The van der Waals surface area contributed by atoms with E-state index >= 15 is 0 Å². The van der Waals surface area contributed by atoms with Crippen LogP contribution in [0.15, 0.2) is 18.2 Å². The third-order valence-corrected chi connectivity index (χ3v) is 4.68. The van der Waals surface area contributed by atoms with E-state index in [0.29, 0.717) is 11.9 Å². The maximum atomic E-state index is 5.26. The van der Waals surface area contributed by atoms with Gasteiger partial charge in [0.15, 0.2) is 5.82 Å². The zero-order valence-electron chi connectivity index (χ0n) is 9.33. The second-order valence-corrected chi connectivity index (χ2v) is 7.40. The van der Waals surface area contributed by atoms with E-state index in [1.54, 1.807) is 11.3 Å². The van der Waals surface area contributed by atoms with Crippen LogP contribution in [-0.2, 0) is 6.42 Å². The molecule has 0 radical (unpaired) electrons. The van der Waals surface area contributed by atoms with Gasteiger partial charge in [-0.25, -0.2) is 0 Å². The summed E-state index contributed by atoms with van der Waals surface area (Å²) in [5.74, 6) is 1.27. The molecule has 2 aromatic heterocycles. The van der Waals surface area contributed by atoms with E-state index in [2.05, 4.69) is 54.2 Å². The summed E-state index contributed by atoms with van der Waals surface area (Å²) >= 11 is 8.49. The van der Waals surface area contributed by atoms with Crippen LogP contribution in [0, 0.1) is 0 Å². The molecular weight excluding hydrogens is 370 g/mol. The van der Waals surface area contributed by atoms with Crippen LogP contribution in [0.4, 0.5) is 0 Å². The first-order chi connectivity index (χ1) is 8.10. The first kappa shape index (κ1) is 13.2. The molecule has 0 bridgehead atoms. The largest absolute Gasteiger partial charge is 0.334 e. The monoisotopic (exact) mass is 379 g/mol. The highest BCUT2D eigenvalue weighted by molar-refractivity contribution is 9.12. The number of nitrogens with zero attached hydrogens (tertiary/aromatic N) is 2. The Bertz CT molecular complexity index is 511. The van der Waals surface area contributed by atoms with Crippen molar-refractivity contribution in [2.45, 2.75) is 19.4 Å². The summed E-state index contributed by atoms with van der Waals surface area (Å²) in [4.78, 5) is 4.38. The number of nitrogens with one attached hydrogen (secondary N) is 1. The molecular formula is C10H11Br2N3OS. The molecule has 1 atom stereocenters.